The number of rotatable bonds is 9. The molecule has 31 heavy (non-hydrogen) atoms. The van der Waals surface area contributed by atoms with E-state index >= 15 is 0 Å². The molecule has 1 aromatic rings. The molecular weight excluding hydrogens is 419 g/mol. The Morgan fingerprint density at radius 2 is 1.58 bits per heavy atom. The van der Waals surface area contributed by atoms with Crippen LogP contribution in [0.25, 0.3) is 5.31 Å². The summed E-state index contributed by atoms with van der Waals surface area (Å²) in [6, 6.07) is 8.94. The number of benzene rings is 1. The third-order valence-corrected chi connectivity index (χ3v) is 13.7. The second-order valence-corrected chi connectivity index (χ2v) is 14.3. The average Bonchev–Trinajstić information content (AvgIpc) is 2.83. The third kappa shape index (κ3) is 6.65. The maximum Gasteiger partial charge on any atom is 0.330 e. The van der Waals surface area contributed by atoms with Crippen molar-refractivity contribution in [3.05, 3.63) is 54.1 Å². The highest BCUT2D eigenvalue weighted by atomic mass is 32.4. The minimum Gasteiger partial charge on any atom is -0.463 e. The molecule has 0 amide bonds. The Labute approximate surface area is 194 Å². The van der Waals surface area contributed by atoms with Gasteiger partial charge in [-0.3, -0.25) is 0 Å². The van der Waals surface area contributed by atoms with Crippen LogP contribution in [0.3, 0.4) is 0 Å². The van der Waals surface area contributed by atoms with Crippen molar-refractivity contribution in [3.8, 4) is 0 Å². The molecule has 0 N–H and O–H groups in total. The number of carbonyl (C=O) groups excluding carboxylic acids is 1. The fraction of sp³-hybridized carbons (Fsp3) is 0.593. The number of allylic oxidation sites excluding steroid dienone is 2. The predicted octanol–water partition coefficient (Wildman–Crippen LogP) is 8.07. The van der Waals surface area contributed by atoms with E-state index in [0.29, 0.717) is 17.9 Å². The number of hydrogen-bond acceptors (Lipinski definition) is 3. The summed E-state index contributed by atoms with van der Waals surface area (Å²) in [5.41, 5.74) is 2.55. The topological polar surface area (TPSA) is 26.3 Å². The first-order chi connectivity index (χ1) is 15.2. The molecule has 2 aliphatic carbocycles. The normalized spacial score (nSPS) is 19.6. The van der Waals surface area contributed by atoms with Crippen LogP contribution < -0.4 is 0 Å². The quantitative estimate of drug-likeness (QED) is 0.123. The lowest BCUT2D eigenvalue weighted by Gasteiger charge is -2.43. The minimum atomic E-state index is -1.80. The van der Waals surface area contributed by atoms with Gasteiger partial charge in [0.2, 0.25) is 0 Å². The molecular formula is C27H39O2PS. The zero-order valence-corrected chi connectivity index (χ0v) is 20.8. The highest BCUT2D eigenvalue weighted by Gasteiger charge is 2.40. The van der Waals surface area contributed by atoms with E-state index in [2.05, 4.69) is 43.3 Å². The average molecular weight is 459 g/mol. The molecule has 0 heterocycles. The molecule has 2 fully saturated rings. The molecule has 1 aromatic carbocycles. The van der Waals surface area contributed by atoms with Crippen molar-refractivity contribution in [1.82, 2.24) is 0 Å². The molecule has 2 nitrogen and oxygen atoms in total. The molecule has 2 aliphatic rings. The minimum absolute atomic E-state index is 0.249. The van der Waals surface area contributed by atoms with Crippen molar-refractivity contribution in [1.29, 1.82) is 0 Å². The van der Waals surface area contributed by atoms with Crippen LogP contribution in [0.5, 0.6) is 0 Å². The van der Waals surface area contributed by atoms with Crippen LogP contribution in [0, 0.1) is 0 Å². The molecule has 0 aromatic heterocycles. The Morgan fingerprint density at radius 1 is 1.00 bits per heavy atom. The first-order valence-electron chi connectivity index (χ1n) is 12.4. The number of carbonyl (C=O) groups is 1. The second-order valence-electron chi connectivity index (χ2n) is 9.09. The van der Waals surface area contributed by atoms with Crippen molar-refractivity contribution in [2.24, 2.45) is 0 Å². The summed E-state index contributed by atoms with van der Waals surface area (Å²) in [6.45, 7) is 2.60. The Balaban J connectivity index is 1.95. The van der Waals surface area contributed by atoms with Gasteiger partial charge in [-0.05, 0) is 60.3 Å². The molecule has 0 unspecified atom stereocenters. The molecule has 0 radical (unpaired) electrons. The van der Waals surface area contributed by atoms with Gasteiger partial charge in [-0.15, -0.1) is 0 Å². The lowest BCUT2D eigenvalue weighted by atomic mass is 9.99. The van der Waals surface area contributed by atoms with Crippen molar-refractivity contribution < 1.29 is 9.53 Å². The Morgan fingerprint density at radius 3 is 2.13 bits per heavy atom. The zero-order chi connectivity index (χ0) is 21.9. The first kappa shape index (κ1) is 24.5. The maximum absolute atomic E-state index is 12.1. The van der Waals surface area contributed by atoms with Gasteiger partial charge in [0.05, 0.1) is 6.61 Å². The lowest BCUT2D eigenvalue weighted by molar-refractivity contribution is -0.137. The summed E-state index contributed by atoms with van der Waals surface area (Å²) in [5, 5.41) is 1.35. The van der Waals surface area contributed by atoms with Crippen LogP contribution in [-0.4, -0.2) is 23.9 Å². The third-order valence-electron chi connectivity index (χ3n) is 6.91. The largest absolute Gasteiger partial charge is 0.463 e. The summed E-state index contributed by atoms with van der Waals surface area (Å²) < 4.78 is 5.32. The van der Waals surface area contributed by atoms with E-state index in [1.54, 1.807) is 6.08 Å². The molecule has 0 aliphatic heterocycles. The smallest absolute Gasteiger partial charge is 0.330 e. The molecule has 0 atom stereocenters. The predicted molar refractivity (Wildman–Crippen MR) is 137 cm³/mol. The molecule has 4 heteroatoms. The van der Waals surface area contributed by atoms with Gasteiger partial charge in [0.1, 0.15) is 0 Å². The highest BCUT2D eigenvalue weighted by molar-refractivity contribution is 8.20. The Bertz CT molecular complexity index is 765. The van der Waals surface area contributed by atoms with Gasteiger partial charge in [0.25, 0.3) is 0 Å². The van der Waals surface area contributed by atoms with E-state index in [9.17, 15) is 4.79 Å². The maximum atomic E-state index is 12.1. The van der Waals surface area contributed by atoms with Gasteiger partial charge in [-0.25, -0.2) is 4.79 Å². The van der Waals surface area contributed by atoms with Gasteiger partial charge in [-0.2, -0.15) is 0 Å². The van der Waals surface area contributed by atoms with Crippen LogP contribution in [0.2, 0.25) is 0 Å². The van der Waals surface area contributed by atoms with Gasteiger partial charge < -0.3 is 4.74 Å². The fourth-order valence-electron chi connectivity index (χ4n) is 5.23. The lowest BCUT2D eigenvalue weighted by Crippen LogP contribution is -2.24. The molecule has 170 valence electrons. The van der Waals surface area contributed by atoms with E-state index in [-0.39, 0.29) is 5.97 Å². The highest BCUT2D eigenvalue weighted by Crippen LogP contribution is 2.71. The number of hydrogen-bond donors (Lipinski definition) is 0. The molecule has 0 saturated heterocycles. The number of esters is 1. The van der Waals surface area contributed by atoms with Gasteiger partial charge in [-0.1, -0.05) is 106 Å². The molecule has 3 rings (SSSR count). The van der Waals surface area contributed by atoms with Gasteiger partial charge >= 0.3 is 5.97 Å². The van der Waals surface area contributed by atoms with Gasteiger partial charge in [0.15, 0.2) is 0 Å². The summed E-state index contributed by atoms with van der Waals surface area (Å²) in [4.78, 5) is 12.1. The summed E-state index contributed by atoms with van der Waals surface area (Å²) in [6.07, 6.45) is 20.7. The van der Waals surface area contributed by atoms with E-state index in [1.165, 1.54) is 75.1 Å². The number of unbranched alkanes of at least 4 members (excludes halogenated alkanes) is 1. The first-order valence-corrected chi connectivity index (χ1v) is 15.3. The summed E-state index contributed by atoms with van der Waals surface area (Å²) >= 11 is 6.80. The molecule has 0 spiro atoms. The standard InChI is InChI=1S/C27H39O2PS/c1-2-3-22-29-27(28)21-13-20-26(23-14-7-4-8-15-23)30(31,24-16-9-5-10-17-24)25-18-11-6-12-19-25/h4,7-8,13-15,20-21,24-25H,2-3,5-6,9-12,16-19,22H2,1H3/b21-13+,26-20-. The van der Waals surface area contributed by atoms with Crippen LogP contribution in [0.1, 0.15) is 89.5 Å². The monoisotopic (exact) mass is 458 g/mol. The fourth-order valence-corrected chi connectivity index (χ4v) is 11.5. The van der Waals surface area contributed by atoms with Crippen LogP contribution in [-0.2, 0) is 21.3 Å². The Kier molecular flexibility index (Phi) is 10.1. The van der Waals surface area contributed by atoms with Crippen LogP contribution >= 0.6 is 6.04 Å². The van der Waals surface area contributed by atoms with E-state index in [0.717, 1.165) is 12.8 Å². The second kappa shape index (κ2) is 12.8. The van der Waals surface area contributed by atoms with E-state index in [1.807, 2.05) is 6.08 Å². The van der Waals surface area contributed by atoms with Crippen LogP contribution in [0.4, 0.5) is 0 Å². The SMILES string of the molecule is CCCCOC(=O)/C=C/C=C(/c1ccccc1)P(=S)(C1CCCCC1)C1CCCCC1. The van der Waals surface area contributed by atoms with E-state index in [4.69, 9.17) is 16.5 Å². The molecule has 2 saturated carbocycles. The van der Waals surface area contributed by atoms with Crippen molar-refractivity contribution in [2.45, 2.75) is 95.3 Å². The van der Waals surface area contributed by atoms with Crippen molar-refractivity contribution in [2.75, 3.05) is 6.61 Å². The zero-order valence-electron chi connectivity index (χ0n) is 19.1. The number of ether oxygens (including phenoxy) is 1. The summed E-state index contributed by atoms with van der Waals surface area (Å²) in [5.74, 6) is -0.249. The van der Waals surface area contributed by atoms with Crippen LogP contribution in [0.15, 0.2) is 48.6 Å². The van der Waals surface area contributed by atoms with Crippen molar-refractivity contribution in [3.63, 3.8) is 0 Å². The molecule has 0 bridgehead atoms. The van der Waals surface area contributed by atoms with Gasteiger partial charge in [0, 0.05) is 6.08 Å². The Hall–Kier alpha value is -1.18. The van der Waals surface area contributed by atoms with E-state index < -0.39 is 6.04 Å². The van der Waals surface area contributed by atoms with Crippen molar-refractivity contribution >= 4 is 29.1 Å². The summed E-state index contributed by atoms with van der Waals surface area (Å²) in [7, 11) is 0.